The quantitative estimate of drug-likeness (QED) is 0.430. The molecule has 5 aromatic rings. The number of rotatable bonds is 3. The molecule has 0 bridgehead atoms. The predicted octanol–water partition coefficient (Wildman–Crippen LogP) is 4.17. The Labute approximate surface area is 185 Å². The van der Waals surface area contributed by atoms with Crippen LogP contribution in [0.15, 0.2) is 30.6 Å². The number of aromatic nitrogens is 7. The van der Waals surface area contributed by atoms with E-state index in [0.29, 0.717) is 12.0 Å². The van der Waals surface area contributed by atoms with E-state index in [1.807, 2.05) is 42.8 Å². The molecule has 0 unspecified atom stereocenters. The maximum Gasteiger partial charge on any atom is 0.0967 e. The first-order chi connectivity index (χ1) is 15.5. The van der Waals surface area contributed by atoms with Crippen molar-refractivity contribution in [2.75, 3.05) is 13.2 Å². The van der Waals surface area contributed by atoms with E-state index in [1.165, 1.54) is 10.9 Å². The maximum atomic E-state index is 5.65. The van der Waals surface area contributed by atoms with Crippen molar-refractivity contribution in [1.29, 1.82) is 0 Å². The van der Waals surface area contributed by atoms with Crippen molar-refractivity contribution in [3.63, 3.8) is 0 Å². The minimum absolute atomic E-state index is 0.329. The zero-order valence-corrected chi connectivity index (χ0v) is 18.9. The average molecular weight is 430 g/mol. The van der Waals surface area contributed by atoms with E-state index < -0.39 is 0 Å². The van der Waals surface area contributed by atoms with Gasteiger partial charge in [-0.2, -0.15) is 5.10 Å². The van der Waals surface area contributed by atoms with E-state index >= 15 is 0 Å². The Bertz CT molecular complexity index is 1450. The van der Waals surface area contributed by atoms with Crippen molar-refractivity contribution < 1.29 is 4.74 Å². The molecule has 1 saturated heterocycles. The maximum absolute atomic E-state index is 5.65. The van der Waals surface area contributed by atoms with E-state index in [0.717, 1.165) is 64.9 Å². The highest BCUT2D eigenvalue weighted by molar-refractivity contribution is 6.19. The molecule has 1 aromatic carbocycles. The van der Waals surface area contributed by atoms with Crippen molar-refractivity contribution in [3.8, 4) is 11.3 Å². The van der Waals surface area contributed by atoms with E-state index in [-0.39, 0.29) is 0 Å². The normalized spacial score (nSPS) is 16.5. The molecule has 4 aromatic heterocycles. The number of hydrogen-bond donors (Lipinski definition) is 0. The Kier molecular flexibility index (Phi) is 4.33. The number of ether oxygens (including phenoxy) is 1. The van der Waals surface area contributed by atoms with E-state index in [2.05, 4.69) is 45.1 Å². The van der Waals surface area contributed by atoms with Gasteiger partial charge in [-0.15, -0.1) is 5.10 Å². The van der Waals surface area contributed by atoms with Crippen molar-refractivity contribution in [2.45, 2.75) is 32.7 Å². The Balaban J connectivity index is 1.67. The fourth-order valence-electron chi connectivity index (χ4n) is 5.46. The summed E-state index contributed by atoms with van der Waals surface area (Å²) >= 11 is 0. The average Bonchev–Trinajstić information content (AvgIpc) is 3.46. The van der Waals surface area contributed by atoms with Gasteiger partial charge in [-0.3, -0.25) is 9.67 Å². The van der Waals surface area contributed by atoms with Crippen molar-refractivity contribution in [1.82, 2.24) is 34.3 Å². The number of pyridine rings is 1. The van der Waals surface area contributed by atoms with Gasteiger partial charge in [0.05, 0.1) is 39.7 Å². The first-order valence-corrected chi connectivity index (χ1v) is 11.2. The first-order valence-electron chi connectivity index (χ1n) is 11.2. The van der Waals surface area contributed by atoms with E-state index in [4.69, 9.17) is 9.72 Å². The molecule has 0 N–H and O–H groups in total. The summed E-state index contributed by atoms with van der Waals surface area (Å²) in [7, 11) is 3.92. The van der Waals surface area contributed by atoms with Gasteiger partial charge in [0.2, 0.25) is 0 Å². The summed E-state index contributed by atoms with van der Waals surface area (Å²) in [5, 5.41) is 15.3. The number of nitrogens with zero attached hydrogens (tertiary/aromatic N) is 7. The van der Waals surface area contributed by atoms with Gasteiger partial charge in [0.1, 0.15) is 0 Å². The van der Waals surface area contributed by atoms with Crippen LogP contribution in [0.5, 0.6) is 0 Å². The molecule has 6 rings (SSSR count). The number of hydrogen-bond acceptors (Lipinski definition) is 5. The lowest BCUT2D eigenvalue weighted by Gasteiger charge is -2.30. The molecule has 8 heteroatoms. The highest BCUT2D eigenvalue weighted by Crippen LogP contribution is 2.40. The zero-order chi connectivity index (χ0) is 22.0. The number of aryl methyl sites for hydroxylation is 3. The fraction of sp³-hybridized carbons (Fsp3) is 0.417. The molecule has 1 fully saturated rings. The molecule has 5 heterocycles. The van der Waals surface area contributed by atoms with Crippen LogP contribution in [-0.2, 0) is 18.8 Å². The minimum Gasteiger partial charge on any atom is -0.381 e. The second-order valence-corrected chi connectivity index (χ2v) is 8.96. The third-order valence-electron chi connectivity index (χ3n) is 7.16. The number of fused-ring (bicyclic) bond motifs is 5. The first kappa shape index (κ1) is 19.4. The summed E-state index contributed by atoms with van der Waals surface area (Å²) < 4.78 is 11.9. The molecule has 0 aliphatic carbocycles. The summed E-state index contributed by atoms with van der Waals surface area (Å²) in [4.78, 5) is 5.00. The molecule has 1 aliphatic heterocycles. The Hall–Kier alpha value is -3.26. The van der Waals surface area contributed by atoms with Gasteiger partial charge in [0, 0.05) is 55.9 Å². The Morgan fingerprint density at radius 2 is 1.81 bits per heavy atom. The molecule has 1 atom stereocenters. The van der Waals surface area contributed by atoms with Gasteiger partial charge < -0.3 is 9.30 Å². The van der Waals surface area contributed by atoms with Crippen LogP contribution in [0.2, 0.25) is 0 Å². The van der Waals surface area contributed by atoms with Gasteiger partial charge in [-0.1, -0.05) is 5.21 Å². The van der Waals surface area contributed by atoms with Crippen LogP contribution in [0, 0.1) is 12.8 Å². The van der Waals surface area contributed by atoms with E-state index in [1.54, 1.807) is 0 Å². The fourth-order valence-corrected chi connectivity index (χ4v) is 5.46. The predicted molar refractivity (Wildman–Crippen MR) is 124 cm³/mol. The van der Waals surface area contributed by atoms with Crippen molar-refractivity contribution in [2.24, 2.45) is 20.0 Å². The summed E-state index contributed by atoms with van der Waals surface area (Å²) in [6.45, 7) is 6.00. The van der Waals surface area contributed by atoms with Crippen LogP contribution < -0.4 is 0 Å². The van der Waals surface area contributed by atoms with Crippen LogP contribution in [0.1, 0.15) is 31.5 Å². The largest absolute Gasteiger partial charge is 0.381 e. The van der Waals surface area contributed by atoms with Crippen LogP contribution in [0.25, 0.3) is 44.1 Å². The van der Waals surface area contributed by atoms with E-state index in [9.17, 15) is 0 Å². The second-order valence-electron chi connectivity index (χ2n) is 8.96. The zero-order valence-electron chi connectivity index (χ0n) is 18.9. The van der Waals surface area contributed by atoms with Crippen LogP contribution in [-0.4, -0.2) is 47.5 Å². The molecule has 164 valence electrons. The minimum atomic E-state index is 0.329. The van der Waals surface area contributed by atoms with Crippen LogP contribution in [0.3, 0.4) is 0 Å². The Morgan fingerprint density at radius 3 is 2.56 bits per heavy atom. The molecule has 0 saturated carbocycles. The summed E-state index contributed by atoms with van der Waals surface area (Å²) in [5.41, 5.74) is 7.44. The molecule has 1 aliphatic rings. The summed E-state index contributed by atoms with van der Waals surface area (Å²) in [6, 6.07) is 6.99. The second kappa shape index (κ2) is 7.13. The van der Waals surface area contributed by atoms with Gasteiger partial charge in [0.15, 0.2) is 0 Å². The molecule has 32 heavy (non-hydrogen) atoms. The molecule has 0 radical (unpaired) electrons. The third-order valence-corrected chi connectivity index (χ3v) is 7.16. The van der Waals surface area contributed by atoms with Crippen molar-refractivity contribution >= 4 is 32.8 Å². The molecule has 8 nitrogen and oxygen atoms in total. The third kappa shape index (κ3) is 2.72. The molecular formula is C24H27N7O. The Morgan fingerprint density at radius 1 is 1.03 bits per heavy atom. The topological polar surface area (TPSA) is 75.6 Å². The molecular weight excluding hydrogens is 402 g/mol. The van der Waals surface area contributed by atoms with Gasteiger partial charge in [-0.05, 0) is 50.8 Å². The highest BCUT2D eigenvalue weighted by atomic mass is 16.5. The SMILES string of the molecule is Cc1nnn(C)c1-c1cnc2c3c4cnn(C)c4ccc3n([C@H](C)C3CCOCC3)c2c1. The molecule has 0 amide bonds. The van der Waals surface area contributed by atoms with Gasteiger partial charge >= 0.3 is 0 Å². The highest BCUT2D eigenvalue weighted by Gasteiger charge is 2.27. The standard InChI is InChI=1S/C24H27N7O/c1-14-24(30(4)28-27-14)17-11-21-23(25-12-17)22-18-13-26-29(3)19(18)5-6-20(22)31(21)15(2)16-7-9-32-10-8-16/h5-6,11-13,15-16H,7-10H2,1-4H3/t15-/m1/s1. The van der Waals surface area contributed by atoms with Crippen LogP contribution >= 0.6 is 0 Å². The lowest BCUT2D eigenvalue weighted by atomic mass is 9.92. The summed E-state index contributed by atoms with van der Waals surface area (Å²) in [6.07, 6.45) is 6.07. The van der Waals surface area contributed by atoms with Gasteiger partial charge in [-0.25, -0.2) is 4.68 Å². The monoisotopic (exact) mass is 429 g/mol. The van der Waals surface area contributed by atoms with Gasteiger partial charge in [0.25, 0.3) is 0 Å². The smallest absolute Gasteiger partial charge is 0.0967 e. The lowest BCUT2D eigenvalue weighted by Crippen LogP contribution is -2.24. The lowest BCUT2D eigenvalue weighted by molar-refractivity contribution is 0.0525. The number of benzene rings is 1. The van der Waals surface area contributed by atoms with Crippen molar-refractivity contribution in [3.05, 3.63) is 36.3 Å². The van der Waals surface area contributed by atoms with Crippen LogP contribution in [0.4, 0.5) is 0 Å². The summed E-state index contributed by atoms with van der Waals surface area (Å²) in [5.74, 6) is 0.566. The molecule has 0 spiro atoms.